The fourth-order valence-electron chi connectivity index (χ4n) is 2.57. The molecule has 0 saturated carbocycles. The number of hydrogen-bond donors (Lipinski definition) is 0. The van der Waals surface area contributed by atoms with Gasteiger partial charge in [-0.1, -0.05) is 56.9 Å². The highest BCUT2D eigenvalue weighted by Gasteiger charge is 2.35. The maximum absolute atomic E-state index is 6.26. The van der Waals surface area contributed by atoms with Crippen molar-refractivity contribution in [2.45, 2.75) is 46.2 Å². The Morgan fingerprint density at radius 2 is 1.41 bits per heavy atom. The Labute approximate surface area is 113 Å². The van der Waals surface area contributed by atoms with Gasteiger partial charge in [0.2, 0.25) is 0 Å². The van der Waals surface area contributed by atoms with Crippen molar-refractivity contribution < 1.29 is 0 Å². The number of rotatable bonds is 3. The molecule has 0 unspecified atom stereocenters. The van der Waals surface area contributed by atoms with E-state index in [1.807, 2.05) is 6.07 Å². The summed E-state index contributed by atoms with van der Waals surface area (Å²) in [6, 6.07) is 6.27. The standard InChI is InChI=1S/C13H24ClNSi2/c1-11-12(14)9-8-10-13(11)15(16(2,3)4)17(5,6)7/h8-10H,1-7H3. The minimum Gasteiger partial charge on any atom is -0.424 e. The second kappa shape index (κ2) is 4.78. The Balaban J connectivity index is 3.39. The lowest BCUT2D eigenvalue weighted by Gasteiger charge is -2.46. The first-order valence-corrected chi connectivity index (χ1v) is 13.4. The first kappa shape index (κ1) is 14.8. The lowest BCUT2D eigenvalue weighted by atomic mass is 10.2. The molecule has 1 nitrogen and oxygen atoms in total. The minimum atomic E-state index is -1.38. The Kier molecular flexibility index (Phi) is 4.17. The van der Waals surface area contributed by atoms with E-state index in [-0.39, 0.29) is 0 Å². The van der Waals surface area contributed by atoms with Crippen molar-refractivity contribution in [2.24, 2.45) is 0 Å². The summed E-state index contributed by atoms with van der Waals surface area (Å²) >= 11 is 6.26. The second-order valence-electron chi connectivity index (χ2n) is 6.56. The summed E-state index contributed by atoms with van der Waals surface area (Å²) in [6.07, 6.45) is 0. The zero-order chi connectivity index (χ0) is 13.4. The zero-order valence-corrected chi connectivity index (χ0v) is 14.8. The summed E-state index contributed by atoms with van der Waals surface area (Å²) in [7, 11) is -2.76. The molecule has 0 atom stereocenters. The zero-order valence-electron chi connectivity index (χ0n) is 12.1. The molecule has 1 aromatic carbocycles. The van der Waals surface area contributed by atoms with Crippen molar-refractivity contribution in [3.63, 3.8) is 0 Å². The highest BCUT2D eigenvalue weighted by molar-refractivity contribution is 6.99. The molecular formula is C13H24ClNSi2. The van der Waals surface area contributed by atoms with Gasteiger partial charge in [-0.2, -0.15) is 0 Å². The van der Waals surface area contributed by atoms with Crippen LogP contribution in [0, 0.1) is 6.92 Å². The molecule has 0 spiro atoms. The van der Waals surface area contributed by atoms with Crippen molar-refractivity contribution in [3.8, 4) is 0 Å². The molecule has 0 amide bonds. The van der Waals surface area contributed by atoms with E-state index >= 15 is 0 Å². The normalized spacial score (nSPS) is 12.7. The molecule has 1 aromatic rings. The van der Waals surface area contributed by atoms with Crippen LogP contribution in [0.15, 0.2) is 18.2 Å². The predicted octanol–water partition coefficient (Wildman–Crippen LogP) is 5.12. The van der Waals surface area contributed by atoms with E-state index in [0.29, 0.717) is 0 Å². The van der Waals surface area contributed by atoms with Gasteiger partial charge in [0.15, 0.2) is 0 Å². The minimum absolute atomic E-state index is 0.879. The van der Waals surface area contributed by atoms with Gasteiger partial charge in [0.05, 0.1) is 0 Å². The van der Waals surface area contributed by atoms with Crippen molar-refractivity contribution in [1.29, 1.82) is 0 Å². The molecule has 0 N–H and O–H groups in total. The monoisotopic (exact) mass is 285 g/mol. The molecule has 0 bridgehead atoms. The molecule has 17 heavy (non-hydrogen) atoms. The van der Waals surface area contributed by atoms with Gasteiger partial charge in [-0.3, -0.25) is 0 Å². The van der Waals surface area contributed by atoms with E-state index in [4.69, 9.17) is 11.6 Å². The molecule has 0 radical (unpaired) electrons. The van der Waals surface area contributed by atoms with E-state index < -0.39 is 16.5 Å². The first-order valence-electron chi connectivity index (χ1n) is 6.10. The van der Waals surface area contributed by atoms with Crippen molar-refractivity contribution in [1.82, 2.24) is 0 Å². The van der Waals surface area contributed by atoms with E-state index in [1.54, 1.807) is 0 Å². The van der Waals surface area contributed by atoms with Gasteiger partial charge in [0.1, 0.15) is 16.5 Å². The van der Waals surface area contributed by atoms with Crippen LogP contribution in [0.3, 0.4) is 0 Å². The molecule has 1 rings (SSSR count). The summed E-state index contributed by atoms with van der Waals surface area (Å²) in [6.45, 7) is 16.6. The van der Waals surface area contributed by atoms with Gasteiger partial charge in [0.25, 0.3) is 0 Å². The van der Waals surface area contributed by atoms with E-state index in [0.717, 1.165) is 5.02 Å². The fraction of sp³-hybridized carbons (Fsp3) is 0.538. The average Bonchev–Trinajstić information content (AvgIpc) is 2.08. The Bertz CT molecular complexity index is 391. The highest BCUT2D eigenvalue weighted by Crippen LogP contribution is 2.33. The number of anilines is 1. The third-order valence-electron chi connectivity index (χ3n) is 2.82. The Morgan fingerprint density at radius 1 is 0.941 bits per heavy atom. The molecule has 96 valence electrons. The topological polar surface area (TPSA) is 3.24 Å². The molecular weight excluding hydrogens is 262 g/mol. The van der Waals surface area contributed by atoms with Gasteiger partial charge in [-0.25, -0.2) is 0 Å². The Hall–Kier alpha value is -0.256. The third kappa shape index (κ3) is 3.36. The van der Waals surface area contributed by atoms with Gasteiger partial charge in [-0.05, 0) is 24.6 Å². The van der Waals surface area contributed by atoms with Crippen LogP contribution in [0.4, 0.5) is 5.69 Å². The van der Waals surface area contributed by atoms with Gasteiger partial charge in [0, 0.05) is 10.7 Å². The van der Waals surface area contributed by atoms with Gasteiger partial charge < -0.3 is 4.23 Å². The number of halogens is 1. The van der Waals surface area contributed by atoms with E-state index in [2.05, 4.69) is 62.6 Å². The van der Waals surface area contributed by atoms with Crippen LogP contribution in [0.2, 0.25) is 44.3 Å². The molecule has 0 fully saturated rings. The maximum Gasteiger partial charge on any atom is 0.138 e. The predicted molar refractivity (Wildman–Crippen MR) is 85.4 cm³/mol. The summed E-state index contributed by atoms with van der Waals surface area (Å²) < 4.78 is 2.71. The Morgan fingerprint density at radius 3 is 1.82 bits per heavy atom. The highest BCUT2D eigenvalue weighted by atomic mass is 35.5. The number of nitrogens with zero attached hydrogens (tertiary/aromatic N) is 1. The van der Waals surface area contributed by atoms with Crippen LogP contribution in [0.1, 0.15) is 5.56 Å². The van der Waals surface area contributed by atoms with Crippen molar-refractivity contribution >= 4 is 33.8 Å². The molecule has 0 heterocycles. The average molecular weight is 286 g/mol. The van der Waals surface area contributed by atoms with Crippen LogP contribution < -0.4 is 4.23 Å². The summed E-state index contributed by atoms with van der Waals surface area (Å²) in [4.78, 5) is 0. The third-order valence-corrected chi connectivity index (χ3v) is 10.4. The van der Waals surface area contributed by atoms with Crippen LogP contribution in [-0.4, -0.2) is 16.5 Å². The number of benzene rings is 1. The summed E-state index contributed by atoms with van der Waals surface area (Å²) in [5, 5.41) is 0.879. The summed E-state index contributed by atoms with van der Waals surface area (Å²) in [5.41, 5.74) is 2.56. The van der Waals surface area contributed by atoms with Crippen LogP contribution in [0.25, 0.3) is 0 Å². The van der Waals surface area contributed by atoms with Crippen LogP contribution in [0.5, 0.6) is 0 Å². The lowest BCUT2D eigenvalue weighted by Crippen LogP contribution is -2.59. The SMILES string of the molecule is Cc1c(Cl)cccc1N([Si](C)(C)C)[Si](C)(C)C. The van der Waals surface area contributed by atoms with Crippen molar-refractivity contribution in [3.05, 3.63) is 28.8 Å². The van der Waals surface area contributed by atoms with Crippen LogP contribution >= 0.6 is 11.6 Å². The molecule has 0 aliphatic heterocycles. The molecule has 0 aliphatic carbocycles. The van der Waals surface area contributed by atoms with E-state index in [1.165, 1.54) is 11.3 Å². The molecule has 0 saturated heterocycles. The van der Waals surface area contributed by atoms with Crippen LogP contribution in [-0.2, 0) is 0 Å². The van der Waals surface area contributed by atoms with Crippen molar-refractivity contribution in [2.75, 3.05) is 4.23 Å². The fourth-order valence-corrected chi connectivity index (χ4v) is 12.7. The molecule has 4 heteroatoms. The maximum atomic E-state index is 6.26. The van der Waals surface area contributed by atoms with Gasteiger partial charge >= 0.3 is 0 Å². The first-order chi connectivity index (χ1) is 7.55. The largest absolute Gasteiger partial charge is 0.424 e. The van der Waals surface area contributed by atoms with Gasteiger partial charge in [-0.15, -0.1) is 0 Å². The lowest BCUT2D eigenvalue weighted by molar-refractivity contribution is 1.31. The summed E-state index contributed by atoms with van der Waals surface area (Å²) in [5.74, 6) is 0. The molecule has 0 aliphatic rings. The number of hydrogen-bond acceptors (Lipinski definition) is 1. The molecule has 0 aromatic heterocycles. The second-order valence-corrected chi connectivity index (χ2v) is 17.0. The van der Waals surface area contributed by atoms with E-state index in [9.17, 15) is 0 Å². The quantitative estimate of drug-likeness (QED) is 0.696. The smallest absolute Gasteiger partial charge is 0.138 e.